The average Bonchev–Trinajstić information content (AvgIpc) is 3.06. The van der Waals surface area contributed by atoms with E-state index in [9.17, 15) is 9.59 Å². The first-order valence-electron chi connectivity index (χ1n) is 7.87. The molecule has 0 radical (unpaired) electrons. The fraction of sp³-hybridized carbons (Fsp3) is 0.529. The third kappa shape index (κ3) is 2.84. The summed E-state index contributed by atoms with van der Waals surface area (Å²) in [5.74, 6) is -0.229. The SMILES string of the molecule is Cc1ccc([C@@]2(C)NC(=O)N(CCC3OCCO3)C2=O)c(C)c1. The number of carbonyl (C=O) groups is 2. The zero-order valence-electron chi connectivity index (χ0n) is 13.7. The van der Waals surface area contributed by atoms with Gasteiger partial charge < -0.3 is 14.8 Å². The first-order chi connectivity index (χ1) is 10.9. The van der Waals surface area contributed by atoms with Gasteiger partial charge in [0.25, 0.3) is 5.91 Å². The average molecular weight is 318 g/mol. The van der Waals surface area contributed by atoms with Gasteiger partial charge in [-0.1, -0.05) is 23.8 Å². The van der Waals surface area contributed by atoms with Crippen LogP contribution in [0.3, 0.4) is 0 Å². The number of nitrogens with zero attached hydrogens (tertiary/aromatic N) is 1. The van der Waals surface area contributed by atoms with Crippen LogP contribution in [0.2, 0.25) is 0 Å². The van der Waals surface area contributed by atoms with Gasteiger partial charge in [0.1, 0.15) is 5.54 Å². The van der Waals surface area contributed by atoms with Gasteiger partial charge in [-0.2, -0.15) is 0 Å². The highest BCUT2D eigenvalue weighted by Gasteiger charge is 2.49. The summed E-state index contributed by atoms with van der Waals surface area (Å²) in [5, 5.41) is 2.84. The van der Waals surface area contributed by atoms with Crippen LogP contribution in [0.4, 0.5) is 4.79 Å². The molecule has 124 valence electrons. The van der Waals surface area contributed by atoms with Crippen LogP contribution in [0, 0.1) is 13.8 Å². The molecule has 2 fully saturated rings. The number of rotatable bonds is 4. The number of hydrogen-bond acceptors (Lipinski definition) is 4. The molecule has 1 aromatic carbocycles. The molecule has 0 aliphatic carbocycles. The highest BCUT2D eigenvalue weighted by atomic mass is 16.7. The second-order valence-electron chi connectivity index (χ2n) is 6.29. The minimum absolute atomic E-state index is 0.229. The summed E-state index contributed by atoms with van der Waals surface area (Å²) in [6.07, 6.45) is 0.158. The van der Waals surface area contributed by atoms with Crippen molar-refractivity contribution < 1.29 is 19.1 Å². The van der Waals surface area contributed by atoms with E-state index in [4.69, 9.17) is 9.47 Å². The molecule has 3 rings (SSSR count). The van der Waals surface area contributed by atoms with Crippen LogP contribution in [-0.4, -0.2) is 42.9 Å². The zero-order chi connectivity index (χ0) is 16.6. The number of imide groups is 1. The number of benzene rings is 1. The Morgan fingerprint density at radius 3 is 2.61 bits per heavy atom. The van der Waals surface area contributed by atoms with Crippen molar-refractivity contribution in [2.75, 3.05) is 19.8 Å². The minimum atomic E-state index is -1.02. The van der Waals surface area contributed by atoms with E-state index < -0.39 is 5.54 Å². The van der Waals surface area contributed by atoms with Gasteiger partial charge in [-0.05, 0) is 31.9 Å². The normalized spacial score (nSPS) is 25.3. The maximum atomic E-state index is 12.8. The van der Waals surface area contributed by atoms with Crippen LogP contribution < -0.4 is 5.32 Å². The number of amides is 3. The highest BCUT2D eigenvalue weighted by molar-refractivity contribution is 6.07. The lowest BCUT2D eigenvalue weighted by molar-refractivity contribution is -0.131. The van der Waals surface area contributed by atoms with Crippen LogP contribution in [0.15, 0.2) is 18.2 Å². The quantitative estimate of drug-likeness (QED) is 0.860. The lowest BCUT2D eigenvalue weighted by Crippen LogP contribution is -2.41. The molecule has 0 aromatic heterocycles. The molecule has 1 N–H and O–H groups in total. The molecule has 2 saturated heterocycles. The molecule has 2 aliphatic rings. The van der Waals surface area contributed by atoms with E-state index in [-0.39, 0.29) is 24.8 Å². The summed E-state index contributed by atoms with van der Waals surface area (Å²) in [6, 6.07) is 5.52. The maximum absolute atomic E-state index is 12.8. The maximum Gasteiger partial charge on any atom is 0.325 e. The topological polar surface area (TPSA) is 67.9 Å². The summed E-state index contributed by atoms with van der Waals surface area (Å²) >= 11 is 0. The first kappa shape index (κ1) is 16.0. The molecule has 0 bridgehead atoms. The van der Waals surface area contributed by atoms with E-state index in [1.165, 1.54) is 4.90 Å². The Kier molecular flexibility index (Phi) is 4.12. The first-order valence-corrected chi connectivity index (χ1v) is 7.87. The van der Waals surface area contributed by atoms with Crippen LogP contribution >= 0.6 is 0 Å². The van der Waals surface area contributed by atoms with Crippen LogP contribution in [-0.2, 0) is 19.8 Å². The monoisotopic (exact) mass is 318 g/mol. The third-order valence-corrected chi connectivity index (χ3v) is 4.47. The number of hydrogen-bond donors (Lipinski definition) is 1. The summed E-state index contributed by atoms with van der Waals surface area (Å²) in [4.78, 5) is 26.4. The van der Waals surface area contributed by atoms with Crippen molar-refractivity contribution in [2.24, 2.45) is 0 Å². The smallest absolute Gasteiger partial charge is 0.325 e. The van der Waals surface area contributed by atoms with Crippen molar-refractivity contribution in [3.63, 3.8) is 0 Å². The fourth-order valence-electron chi connectivity index (χ4n) is 3.27. The molecule has 1 aromatic rings. The van der Waals surface area contributed by atoms with Gasteiger partial charge in [0.05, 0.1) is 13.2 Å². The molecule has 3 amide bonds. The number of nitrogens with one attached hydrogen (secondary N) is 1. The predicted octanol–water partition coefficient (Wildman–Crippen LogP) is 1.83. The van der Waals surface area contributed by atoms with E-state index >= 15 is 0 Å². The second-order valence-corrected chi connectivity index (χ2v) is 6.29. The van der Waals surface area contributed by atoms with Gasteiger partial charge in [-0.3, -0.25) is 9.69 Å². The Hall–Kier alpha value is -1.92. The number of ether oxygens (including phenoxy) is 2. The minimum Gasteiger partial charge on any atom is -0.350 e. The Balaban J connectivity index is 1.78. The van der Waals surface area contributed by atoms with Crippen LogP contribution in [0.25, 0.3) is 0 Å². The Morgan fingerprint density at radius 2 is 1.96 bits per heavy atom. The van der Waals surface area contributed by atoms with E-state index in [0.29, 0.717) is 19.6 Å². The fourth-order valence-corrected chi connectivity index (χ4v) is 3.27. The summed E-state index contributed by atoms with van der Waals surface area (Å²) < 4.78 is 10.7. The second kappa shape index (κ2) is 5.94. The number of carbonyl (C=O) groups excluding carboxylic acids is 2. The predicted molar refractivity (Wildman–Crippen MR) is 83.8 cm³/mol. The molecule has 0 saturated carbocycles. The number of urea groups is 1. The zero-order valence-corrected chi connectivity index (χ0v) is 13.7. The van der Waals surface area contributed by atoms with E-state index in [1.54, 1.807) is 6.92 Å². The summed E-state index contributed by atoms with van der Waals surface area (Å²) in [5.41, 5.74) is 1.92. The van der Waals surface area contributed by atoms with Gasteiger partial charge in [-0.15, -0.1) is 0 Å². The van der Waals surface area contributed by atoms with E-state index in [1.807, 2.05) is 32.0 Å². The van der Waals surface area contributed by atoms with Crippen molar-refractivity contribution in [1.29, 1.82) is 0 Å². The standard InChI is InChI=1S/C17H22N2O4/c1-11-4-5-13(12(2)10-11)17(3)15(20)19(16(21)18-17)7-6-14-22-8-9-23-14/h4-5,10,14H,6-9H2,1-3H3,(H,18,21)/t17-/m1/s1. The van der Waals surface area contributed by atoms with E-state index in [2.05, 4.69) is 5.32 Å². The molecule has 6 nitrogen and oxygen atoms in total. The Morgan fingerprint density at radius 1 is 1.26 bits per heavy atom. The third-order valence-electron chi connectivity index (χ3n) is 4.47. The summed E-state index contributed by atoms with van der Waals surface area (Å²) in [7, 11) is 0. The molecule has 1 atom stereocenters. The van der Waals surface area contributed by atoms with Crippen LogP contribution in [0.5, 0.6) is 0 Å². The van der Waals surface area contributed by atoms with Crippen molar-refractivity contribution in [3.05, 3.63) is 34.9 Å². The van der Waals surface area contributed by atoms with Crippen molar-refractivity contribution in [2.45, 2.75) is 39.0 Å². The largest absolute Gasteiger partial charge is 0.350 e. The van der Waals surface area contributed by atoms with Crippen molar-refractivity contribution >= 4 is 11.9 Å². The van der Waals surface area contributed by atoms with Gasteiger partial charge >= 0.3 is 6.03 Å². The molecular formula is C17H22N2O4. The molecular weight excluding hydrogens is 296 g/mol. The molecule has 23 heavy (non-hydrogen) atoms. The van der Waals surface area contributed by atoms with Crippen molar-refractivity contribution in [1.82, 2.24) is 10.2 Å². The summed E-state index contributed by atoms with van der Waals surface area (Å²) in [6.45, 7) is 7.12. The molecule has 0 spiro atoms. The lowest BCUT2D eigenvalue weighted by atomic mass is 9.87. The Bertz CT molecular complexity index is 639. The van der Waals surface area contributed by atoms with Crippen molar-refractivity contribution in [3.8, 4) is 0 Å². The van der Waals surface area contributed by atoms with Gasteiger partial charge in [0.15, 0.2) is 6.29 Å². The molecule has 0 unspecified atom stereocenters. The van der Waals surface area contributed by atoms with Gasteiger partial charge in [0.2, 0.25) is 0 Å². The Labute approximate surface area is 135 Å². The lowest BCUT2D eigenvalue weighted by Gasteiger charge is -2.24. The molecule has 2 heterocycles. The molecule has 2 aliphatic heterocycles. The molecule has 6 heteroatoms. The van der Waals surface area contributed by atoms with E-state index in [0.717, 1.165) is 16.7 Å². The van der Waals surface area contributed by atoms with Gasteiger partial charge in [0, 0.05) is 13.0 Å². The van der Waals surface area contributed by atoms with Crippen LogP contribution in [0.1, 0.15) is 30.0 Å². The number of aryl methyl sites for hydroxylation is 2. The van der Waals surface area contributed by atoms with Gasteiger partial charge in [-0.25, -0.2) is 4.79 Å². The highest BCUT2D eigenvalue weighted by Crippen LogP contribution is 2.31.